The van der Waals surface area contributed by atoms with Gasteiger partial charge >= 0.3 is 0 Å². The molecule has 0 unspecified atom stereocenters. The number of benzene rings is 3. The molecule has 154 valence electrons. The largest absolute Gasteiger partial charge is 0.141 e. The lowest BCUT2D eigenvalue weighted by Crippen LogP contribution is -1.72. The van der Waals surface area contributed by atoms with E-state index in [1.54, 1.807) is 0 Å². The minimum atomic E-state index is 1.32. The highest BCUT2D eigenvalue weighted by atomic mass is 32.1. The maximum Gasteiger partial charge on any atom is 0.0362 e. The molecule has 0 radical (unpaired) electrons. The second-order valence-corrected chi connectivity index (χ2v) is 13.0. The van der Waals surface area contributed by atoms with Gasteiger partial charge in [0.05, 0.1) is 0 Å². The third-order valence-corrected chi connectivity index (χ3v) is 10.4. The Hall–Kier alpha value is -2.50. The van der Waals surface area contributed by atoms with E-state index in [9.17, 15) is 0 Å². The van der Waals surface area contributed by atoms with E-state index in [1.165, 1.54) is 71.0 Å². The normalized spacial score (nSPS) is 12.1. The first-order valence-electron chi connectivity index (χ1n) is 10.6. The third kappa shape index (κ3) is 2.91. The Bertz CT molecular complexity index is 1670. The first kappa shape index (κ1) is 19.0. The molecule has 0 aliphatic carbocycles. The van der Waals surface area contributed by atoms with Crippen molar-refractivity contribution in [2.45, 2.75) is 13.8 Å². The van der Waals surface area contributed by atoms with Crippen molar-refractivity contribution in [1.29, 1.82) is 0 Å². The standard InChI is InChI=1S/C28H18S4/c1-15-3-9-23(29-15)17-5-7-19-21-13-28-22(14-27(21)31-25(19)11-17)20-8-6-18(12-26(20)32-28)24-10-4-16(2)30-24/h3-14H,1-2H3. The van der Waals surface area contributed by atoms with Crippen molar-refractivity contribution in [3.05, 3.63) is 82.6 Å². The lowest BCUT2D eigenvalue weighted by Gasteiger charge is -1.98. The number of hydrogen-bond acceptors (Lipinski definition) is 4. The molecule has 3 aromatic carbocycles. The summed E-state index contributed by atoms with van der Waals surface area (Å²) in [5.74, 6) is 0. The van der Waals surface area contributed by atoms with Crippen molar-refractivity contribution in [2.75, 3.05) is 0 Å². The van der Waals surface area contributed by atoms with Gasteiger partial charge in [-0.3, -0.25) is 0 Å². The van der Waals surface area contributed by atoms with Gasteiger partial charge in [-0.2, -0.15) is 0 Å². The van der Waals surface area contributed by atoms with Crippen LogP contribution in [0.4, 0.5) is 0 Å². The van der Waals surface area contributed by atoms with Crippen LogP contribution in [0.3, 0.4) is 0 Å². The zero-order valence-electron chi connectivity index (χ0n) is 17.6. The van der Waals surface area contributed by atoms with Crippen LogP contribution >= 0.6 is 45.3 Å². The smallest absolute Gasteiger partial charge is 0.0362 e. The molecule has 0 saturated heterocycles. The zero-order valence-corrected chi connectivity index (χ0v) is 20.8. The van der Waals surface area contributed by atoms with Gasteiger partial charge in [0, 0.05) is 59.9 Å². The highest BCUT2D eigenvalue weighted by Crippen LogP contribution is 2.44. The van der Waals surface area contributed by atoms with E-state index in [1.807, 2.05) is 45.3 Å². The topological polar surface area (TPSA) is 0 Å². The van der Waals surface area contributed by atoms with Gasteiger partial charge in [0.25, 0.3) is 0 Å². The second-order valence-electron chi connectivity index (χ2n) is 8.29. The Labute approximate surface area is 202 Å². The molecule has 0 aliphatic heterocycles. The average molecular weight is 483 g/mol. The monoisotopic (exact) mass is 482 g/mol. The van der Waals surface area contributed by atoms with Crippen LogP contribution in [0.25, 0.3) is 61.2 Å². The van der Waals surface area contributed by atoms with Gasteiger partial charge in [-0.05, 0) is 73.5 Å². The Kier molecular flexibility index (Phi) is 4.16. The fraction of sp³-hybridized carbons (Fsp3) is 0.0714. The molecular weight excluding hydrogens is 465 g/mol. The summed E-state index contributed by atoms with van der Waals surface area (Å²) in [6.07, 6.45) is 0. The molecule has 4 aromatic heterocycles. The Morgan fingerprint density at radius 2 is 0.844 bits per heavy atom. The molecule has 0 fully saturated rings. The van der Waals surface area contributed by atoms with E-state index in [0.29, 0.717) is 0 Å². The highest BCUT2D eigenvalue weighted by molar-refractivity contribution is 7.27. The summed E-state index contributed by atoms with van der Waals surface area (Å²) in [5, 5.41) is 5.51. The van der Waals surface area contributed by atoms with Gasteiger partial charge in [-0.15, -0.1) is 45.3 Å². The summed E-state index contributed by atoms with van der Waals surface area (Å²) in [4.78, 5) is 5.43. The summed E-state index contributed by atoms with van der Waals surface area (Å²) in [6, 6.07) is 27.7. The second kappa shape index (κ2) is 7.00. The van der Waals surface area contributed by atoms with Crippen molar-refractivity contribution in [3.63, 3.8) is 0 Å². The molecule has 0 spiro atoms. The summed E-state index contributed by atoms with van der Waals surface area (Å²) in [7, 11) is 0. The predicted molar refractivity (Wildman–Crippen MR) is 148 cm³/mol. The van der Waals surface area contributed by atoms with Crippen LogP contribution in [-0.4, -0.2) is 0 Å². The van der Waals surface area contributed by atoms with Crippen molar-refractivity contribution in [3.8, 4) is 20.9 Å². The third-order valence-electron chi connectivity index (χ3n) is 6.11. The number of rotatable bonds is 2. The number of hydrogen-bond donors (Lipinski definition) is 0. The molecular formula is C28H18S4. The van der Waals surface area contributed by atoms with Crippen LogP contribution < -0.4 is 0 Å². The van der Waals surface area contributed by atoms with Crippen LogP contribution in [0.15, 0.2) is 72.8 Å². The number of aryl methyl sites for hydroxylation is 2. The van der Waals surface area contributed by atoms with Crippen LogP contribution in [0.2, 0.25) is 0 Å². The highest BCUT2D eigenvalue weighted by Gasteiger charge is 2.13. The minimum Gasteiger partial charge on any atom is -0.141 e. The van der Waals surface area contributed by atoms with Gasteiger partial charge in [-0.25, -0.2) is 0 Å². The fourth-order valence-electron chi connectivity index (χ4n) is 4.53. The summed E-state index contributed by atoms with van der Waals surface area (Å²) >= 11 is 7.57. The van der Waals surface area contributed by atoms with Crippen molar-refractivity contribution in [1.82, 2.24) is 0 Å². The molecule has 4 heterocycles. The summed E-state index contributed by atoms with van der Waals surface area (Å²) < 4.78 is 5.51. The van der Waals surface area contributed by atoms with E-state index in [2.05, 4.69) is 86.6 Å². The maximum atomic E-state index is 2.41. The molecule has 0 atom stereocenters. The molecule has 0 bridgehead atoms. The van der Waals surface area contributed by atoms with Gasteiger partial charge < -0.3 is 0 Å². The molecule has 0 saturated carbocycles. The van der Waals surface area contributed by atoms with Crippen LogP contribution in [-0.2, 0) is 0 Å². The van der Waals surface area contributed by atoms with Crippen LogP contribution in [0.5, 0.6) is 0 Å². The Balaban J connectivity index is 1.41. The van der Waals surface area contributed by atoms with E-state index < -0.39 is 0 Å². The summed E-state index contributed by atoms with van der Waals surface area (Å²) in [5.41, 5.74) is 2.65. The zero-order chi connectivity index (χ0) is 21.4. The van der Waals surface area contributed by atoms with Gasteiger partial charge in [0.15, 0.2) is 0 Å². The van der Waals surface area contributed by atoms with Gasteiger partial charge in [-0.1, -0.05) is 24.3 Å². The maximum absolute atomic E-state index is 2.41. The van der Waals surface area contributed by atoms with Crippen molar-refractivity contribution < 1.29 is 0 Å². The fourth-order valence-corrected chi connectivity index (χ4v) is 8.59. The van der Waals surface area contributed by atoms with E-state index in [0.717, 1.165) is 0 Å². The van der Waals surface area contributed by atoms with E-state index in [4.69, 9.17) is 0 Å². The Morgan fingerprint density at radius 3 is 1.25 bits per heavy atom. The predicted octanol–water partition coefficient (Wildman–Crippen LogP) is 10.5. The lowest BCUT2D eigenvalue weighted by atomic mass is 10.1. The molecule has 0 aliphatic rings. The number of fused-ring (bicyclic) bond motifs is 6. The Morgan fingerprint density at radius 1 is 0.406 bits per heavy atom. The number of thiophene rings is 4. The van der Waals surface area contributed by atoms with E-state index in [-0.39, 0.29) is 0 Å². The first-order valence-corrected chi connectivity index (χ1v) is 13.9. The van der Waals surface area contributed by atoms with Crippen LogP contribution in [0, 0.1) is 13.8 Å². The minimum absolute atomic E-state index is 1.32. The molecule has 7 rings (SSSR count). The van der Waals surface area contributed by atoms with Crippen LogP contribution in [0.1, 0.15) is 9.75 Å². The molecule has 4 heteroatoms. The van der Waals surface area contributed by atoms with E-state index >= 15 is 0 Å². The van der Waals surface area contributed by atoms with Crippen molar-refractivity contribution >= 4 is 85.7 Å². The molecule has 7 aromatic rings. The van der Waals surface area contributed by atoms with Gasteiger partial charge in [0.1, 0.15) is 0 Å². The van der Waals surface area contributed by atoms with Gasteiger partial charge in [0.2, 0.25) is 0 Å². The molecule has 0 amide bonds. The average Bonchev–Trinajstić information content (AvgIpc) is 3.56. The lowest BCUT2D eigenvalue weighted by molar-refractivity contribution is 1.64. The molecule has 0 nitrogen and oxygen atoms in total. The SMILES string of the molecule is Cc1ccc(-c2ccc3c(c2)sc2cc4c(cc23)sc2cc(-c3ccc(C)s3)ccc24)s1. The summed E-state index contributed by atoms with van der Waals surface area (Å²) in [6.45, 7) is 4.35. The van der Waals surface area contributed by atoms with Crippen molar-refractivity contribution in [2.24, 2.45) is 0 Å². The molecule has 0 N–H and O–H groups in total. The first-order chi connectivity index (χ1) is 15.6. The molecule has 32 heavy (non-hydrogen) atoms. The quantitative estimate of drug-likeness (QED) is 0.230.